The zero-order valence-corrected chi connectivity index (χ0v) is 12.5. The Morgan fingerprint density at radius 2 is 1.90 bits per heavy atom. The zero-order chi connectivity index (χ0) is 14.5. The summed E-state index contributed by atoms with van der Waals surface area (Å²) in [6, 6.07) is 3.93. The number of pyridine rings is 1. The molecule has 112 valence electrons. The zero-order valence-electron chi connectivity index (χ0n) is 12.5. The highest BCUT2D eigenvalue weighted by Crippen LogP contribution is 2.23. The molecule has 1 aliphatic rings. The highest BCUT2D eigenvalue weighted by Gasteiger charge is 2.33. The van der Waals surface area contributed by atoms with E-state index in [1.807, 2.05) is 12.1 Å². The van der Waals surface area contributed by atoms with Crippen molar-refractivity contribution < 1.29 is 14.6 Å². The molecule has 1 fully saturated rings. The van der Waals surface area contributed by atoms with Crippen molar-refractivity contribution in [1.82, 2.24) is 4.98 Å². The molecular formula is C15H24N2O3. The van der Waals surface area contributed by atoms with Crippen molar-refractivity contribution in [3.8, 4) is 0 Å². The maximum absolute atomic E-state index is 9.40. The molecule has 5 nitrogen and oxygen atoms in total. The number of aryl methyl sites for hydroxylation is 1. The van der Waals surface area contributed by atoms with E-state index in [1.165, 1.54) is 0 Å². The standard InChI is InChI=1S/C15H24N2O3/c1-4-5-12-6-11(10-18)7-15(16-12)17-8-13(19-2)14(9-17)20-3/h6-7,13-14,18H,4-5,8-10H2,1-3H3. The fourth-order valence-corrected chi connectivity index (χ4v) is 2.65. The summed E-state index contributed by atoms with van der Waals surface area (Å²) in [6.07, 6.45) is 2.10. The lowest BCUT2D eigenvalue weighted by atomic mass is 10.1. The molecule has 2 unspecified atom stereocenters. The lowest BCUT2D eigenvalue weighted by molar-refractivity contribution is -0.00461. The van der Waals surface area contributed by atoms with Crippen LogP contribution in [0.3, 0.4) is 0 Å². The van der Waals surface area contributed by atoms with Crippen molar-refractivity contribution in [2.24, 2.45) is 0 Å². The molecule has 2 rings (SSSR count). The minimum absolute atomic E-state index is 0.0431. The molecule has 5 heteroatoms. The number of aromatic nitrogens is 1. The predicted molar refractivity (Wildman–Crippen MR) is 78.0 cm³/mol. The number of methoxy groups -OCH3 is 2. The van der Waals surface area contributed by atoms with Crippen LogP contribution in [0.1, 0.15) is 24.6 Å². The molecule has 0 radical (unpaired) electrons. The van der Waals surface area contributed by atoms with Gasteiger partial charge in [-0.3, -0.25) is 0 Å². The number of ether oxygens (including phenoxy) is 2. The van der Waals surface area contributed by atoms with Gasteiger partial charge in [0.2, 0.25) is 0 Å². The van der Waals surface area contributed by atoms with Gasteiger partial charge in [-0.15, -0.1) is 0 Å². The van der Waals surface area contributed by atoms with Crippen LogP contribution in [0.2, 0.25) is 0 Å². The number of aliphatic hydroxyl groups excluding tert-OH is 1. The van der Waals surface area contributed by atoms with Crippen LogP contribution < -0.4 is 4.90 Å². The Kier molecular flexibility index (Phi) is 5.34. The lowest BCUT2D eigenvalue weighted by Crippen LogP contribution is -2.27. The summed E-state index contributed by atoms with van der Waals surface area (Å²) in [4.78, 5) is 6.86. The van der Waals surface area contributed by atoms with E-state index >= 15 is 0 Å². The van der Waals surface area contributed by atoms with Crippen LogP contribution in [0.5, 0.6) is 0 Å². The van der Waals surface area contributed by atoms with Gasteiger partial charge in [-0.2, -0.15) is 0 Å². The van der Waals surface area contributed by atoms with Crippen LogP contribution >= 0.6 is 0 Å². The van der Waals surface area contributed by atoms with Crippen LogP contribution in [0.15, 0.2) is 12.1 Å². The summed E-state index contributed by atoms with van der Waals surface area (Å²) in [5.41, 5.74) is 1.94. The first-order valence-corrected chi connectivity index (χ1v) is 7.13. The summed E-state index contributed by atoms with van der Waals surface area (Å²) in [5, 5.41) is 9.40. The monoisotopic (exact) mass is 280 g/mol. The first-order chi connectivity index (χ1) is 9.71. The van der Waals surface area contributed by atoms with Gasteiger partial charge < -0.3 is 19.5 Å². The van der Waals surface area contributed by atoms with Gasteiger partial charge >= 0.3 is 0 Å². The van der Waals surface area contributed by atoms with Crippen LogP contribution in [-0.2, 0) is 22.5 Å². The van der Waals surface area contributed by atoms with Gasteiger partial charge in [-0.25, -0.2) is 4.98 Å². The van der Waals surface area contributed by atoms with Crippen molar-refractivity contribution in [3.63, 3.8) is 0 Å². The molecule has 1 aromatic heterocycles. The first-order valence-electron chi connectivity index (χ1n) is 7.13. The minimum Gasteiger partial charge on any atom is -0.392 e. The third-order valence-corrected chi connectivity index (χ3v) is 3.76. The maximum Gasteiger partial charge on any atom is 0.129 e. The summed E-state index contributed by atoms with van der Waals surface area (Å²) in [5.74, 6) is 0.904. The molecule has 0 spiro atoms. The largest absolute Gasteiger partial charge is 0.392 e. The van der Waals surface area contributed by atoms with Gasteiger partial charge in [0.05, 0.1) is 6.61 Å². The van der Waals surface area contributed by atoms with Gasteiger partial charge in [0.25, 0.3) is 0 Å². The first kappa shape index (κ1) is 15.2. The second-order valence-corrected chi connectivity index (χ2v) is 5.19. The summed E-state index contributed by atoms with van der Waals surface area (Å²) in [7, 11) is 3.42. The van der Waals surface area contributed by atoms with Gasteiger partial charge in [0.1, 0.15) is 18.0 Å². The average Bonchev–Trinajstić information content (AvgIpc) is 2.90. The summed E-state index contributed by atoms with van der Waals surface area (Å²) >= 11 is 0. The SMILES string of the molecule is CCCc1cc(CO)cc(N2CC(OC)C(OC)C2)n1. The van der Waals surface area contributed by atoms with Crippen LogP contribution in [0.4, 0.5) is 5.82 Å². The summed E-state index contributed by atoms with van der Waals surface area (Å²) < 4.78 is 10.9. The van der Waals surface area contributed by atoms with Crippen molar-refractivity contribution in [2.45, 2.75) is 38.6 Å². The Morgan fingerprint density at radius 3 is 2.40 bits per heavy atom. The molecule has 0 bridgehead atoms. The topological polar surface area (TPSA) is 54.8 Å². The van der Waals surface area contributed by atoms with Crippen molar-refractivity contribution >= 4 is 5.82 Å². The Labute approximate surface area is 120 Å². The van der Waals surface area contributed by atoms with Crippen LogP contribution in [-0.4, -0.2) is 49.6 Å². The molecular weight excluding hydrogens is 256 g/mol. The van der Waals surface area contributed by atoms with E-state index in [2.05, 4.69) is 11.8 Å². The van der Waals surface area contributed by atoms with Gasteiger partial charge in [-0.1, -0.05) is 13.3 Å². The molecule has 1 aromatic rings. The molecule has 0 saturated carbocycles. The summed E-state index contributed by atoms with van der Waals surface area (Å²) in [6.45, 7) is 3.71. The number of aliphatic hydroxyl groups is 1. The molecule has 1 N–H and O–H groups in total. The molecule has 2 heterocycles. The van der Waals surface area contributed by atoms with Crippen molar-refractivity contribution in [3.05, 3.63) is 23.4 Å². The second kappa shape index (κ2) is 7.02. The van der Waals surface area contributed by atoms with Crippen LogP contribution in [0.25, 0.3) is 0 Å². The molecule has 0 aromatic carbocycles. The van der Waals surface area contributed by atoms with Crippen LogP contribution in [0, 0.1) is 0 Å². The third kappa shape index (κ3) is 3.29. The van der Waals surface area contributed by atoms with E-state index in [0.29, 0.717) is 0 Å². The maximum atomic E-state index is 9.40. The molecule has 2 atom stereocenters. The van der Waals surface area contributed by atoms with E-state index in [-0.39, 0.29) is 18.8 Å². The Morgan fingerprint density at radius 1 is 1.25 bits per heavy atom. The quantitative estimate of drug-likeness (QED) is 0.853. The average molecular weight is 280 g/mol. The molecule has 1 aliphatic heterocycles. The Balaban J connectivity index is 2.21. The third-order valence-electron chi connectivity index (χ3n) is 3.76. The second-order valence-electron chi connectivity index (χ2n) is 5.19. The molecule has 0 aliphatic carbocycles. The van der Waals surface area contributed by atoms with Gasteiger partial charge in [-0.05, 0) is 24.1 Å². The van der Waals surface area contributed by atoms with Gasteiger partial charge in [0, 0.05) is 33.0 Å². The number of rotatable bonds is 6. The molecule has 1 saturated heterocycles. The molecule has 20 heavy (non-hydrogen) atoms. The Hall–Kier alpha value is -1.17. The normalized spacial score (nSPS) is 22.5. The minimum atomic E-state index is 0.0431. The van der Waals surface area contributed by atoms with E-state index in [9.17, 15) is 5.11 Å². The fourth-order valence-electron chi connectivity index (χ4n) is 2.65. The number of hydrogen-bond donors (Lipinski definition) is 1. The molecule has 0 amide bonds. The van der Waals surface area contributed by atoms with E-state index < -0.39 is 0 Å². The smallest absolute Gasteiger partial charge is 0.129 e. The number of hydrogen-bond acceptors (Lipinski definition) is 5. The highest BCUT2D eigenvalue weighted by molar-refractivity contribution is 5.44. The Bertz CT molecular complexity index is 427. The van der Waals surface area contributed by atoms with Crippen molar-refractivity contribution in [1.29, 1.82) is 0 Å². The lowest BCUT2D eigenvalue weighted by Gasteiger charge is -2.18. The number of nitrogens with zero attached hydrogens (tertiary/aromatic N) is 2. The highest BCUT2D eigenvalue weighted by atomic mass is 16.5. The van der Waals surface area contributed by atoms with Gasteiger partial charge in [0.15, 0.2) is 0 Å². The fraction of sp³-hybridized carbons (Fsp3) is 0.667. The van der Waals surface area contributed by atoms with E-state index in [4.69, 9.17) is 14.5 Å². The van der Waals surface area contributed by atoms with E-state index in [0.717, 1.165) is 43.0 Å². The number of anilines is 1. The van der Waals surface area contributed by atoms with E-state index in [1.54, 1.807) is 14.2 Å². The van der Waals surface area contributed by atoms with Crippen molar-refractivity contribution in [2.75, 3.05) is 32.2 Å². The predicted octanol–water partition coefficient (Wildman–Crippen LogP) is 1.38.